The molecule has 0 bridgehead atoms. The summed E-state index contributed by atoms with van der Waals surface area (Å²) in [5.41, 5.74) is 9.98. The highest BCUT2D eigenvalue weighted by Gasteiger charge is 2.26. The fourth-order valence-corrected chi connectivity index (χ4v) is 3.77. The molecular weight excluding hydrogens is 348 g/mol. The third kappa shape index (κ3) is 3.16. The topological polar surface area (TPSA) is 29.3 Å². The third-order valence-electron chi connectivity index (χ3n) is 4.14. The van der Waals surface area contributed by atoms with E-state index in [0.717, 1.165) is 34.6 Å². The lowest BCUT2D eigenvalue weighted by atomic mass is 9.92. The van der Waals surface area contributed by atoms with Gasteiger partial charge in [0, 0.05) is 35.2 Å². The first-order valence-electron chi connectivity index (χ1n) is 7.15. The van der Waals surface area contributed by atoms with Crippen molar-refractivity contribution in [1.82, 2.24) is 4.90 Å². The molecule has 0 aromatic heterocycles. The lowest BCUT2D eigenvalue weighted by Gasteiger charge is -2.37. The van der Waals surface area contributed by atoms with E-state index in [1.54, 1.807) is 0 Å². The first-order valence-corrected chi connectivity index (χ1v) is 8.32. The van der Waals surface area contributed by atoms with Gasteiger partial charge >= 0.3 is 0 Å². The van der Waals surface area contributed by atoms with Crippen molar-refractivity contribution in [2.24, 2.45) is 5.73 Å². The van der Waals surface area contributed by atoms with Gasteiger partial charge in [-0.3, -0.25) is 4.90 Å². The molecule has 1 unspecified atom stereocenters. The van der Waals surface area contributed by atoms with Gasteiger partial charge in [0.1, 0.15) is 0 Å². The van der Waals surface area contributed by atoms with Gasteiger partial charge in [-0.25, -0.2) is 0 Å². The van der Waals surface area contributed by atoms with E-state index < -0.39 is 0 Å². The van der Waals surface area contributed by atoms with Gasteiger partial charge in [0.05, 0.1) is 0 Å². The maximum Gasteiger partial charge on any atom is 0.0476 e. The van der Waals surface area contributed by atoms with Crippen LogP contribution in [0.5, 0.6) is 0 Å². The number of fused-ring (bicyclic) bond motifs is 1. The van der Waals surface area contributed by atoms with Crippen LogP contribution in [0.2, 0.25) is 5.02 Å². The maximum atomic E-state index is 6.35. The minimum atomic E-state index is 0.273. The Labute approximate surface area is 139 Å². The van der Waals surface area contributed by atoms with E-state index in [1.807, 2.05) is 12.1 Å². The maximum absolute atomic E-state index is 6.35. The Morgan fingerprint density at radius 2 is 2.05 bits per heavy atom. The SMILES string of the molecule is NCC1c2ccccc2CCN1Cc1ccc(Br)cc1Cl. The van der Waals surface area contributed by atoms with E-state index in [-0.39, 0.29) is 6.04 Å². The van der Waals surface area contributed by atoms with Crippen LogP contribution >= 0.6 is 27.5 Å². The Morgan fingerprint density at radius 3 is 2.81 bits per heavy atom. The van der Waals surface area contributed by atoms with E-state index in [9.17, 15) is 0 Å². The summed E-state index contributed by atoms with van der Waals surface area (Å²) in [4.78, 5) is 2.43. The van der Waals surface area contributed by atoms with Crippen molar-refractivity contribution in [3.8, 4) is 0 Å². The molecule has 0 fully saturated rings. The predicted octanol–water partition coefficient (Wildman–Crippen LogP) is 4.16. The molecule has 0 radical (unpaired) electrons. The Balaban J connectivity index is 1.86. The van der Waals surface area contributed by atoms with Crippen molar-refractivity contribution in [3.63, 3.8) is 0 Å². The van der Waals surface area contributed by atoms with Gasteiger partial charge in [-0.2, -0.15) is 0 Å². The number of hydrogen-bond donors (Lipinski definition) is 1. The summed E-state index contributed by atoms with van der Waals surface area (Å²) >= 11 is 9.80. The lowest BCUT2D eigenvalue weighted by Crippen LogP contribution is -2.38. The molecule has 1 atom stereocenters. The normalized spacial score (nSPS) is 18.5. The zero-order valence-corrected chi connectivity index (χ0v) is 14.1. The summed E-state index contributed by atoms with van der Waals surface area (Å²) in [6.07, 6.45) is 1.07. The Bertz CT molecular complexity index is 644. The molecule has 21 heavy (non-hydrogen) atoms. The zero-order chi connectivity index (χ0) is 14.8. The molecule has 1 aliphatic rings. The Kier molecular flexibility index (Phi) is 4.65. The van der Waals surface area contributed by atoms with Crippen LogP contribution in [-0.4, -0.2) is 18.0 Å². The number of nitrogens with two attached hydrogens (primary N) is 1. The van der Waals surface area contributed by atoms with Crippen LogP contribution in [0.4, 0.5) is 0 Å². The number of hydrogen-bond acceptors (Lipinski definition) is 2. The summed E-state index contributed by atoms with van der Waals surface area (Å²) in [6.45, 7) is 2.48. The van der Waals surface area contributed by atoms with Crippen molar-refractivity contribution in [2.75, 3.05) is 13.1 Å². The molecule has 0 saturated carbocycles. The Morgan fingerprint density at radius 1 is 1.24 bits per heavy atom. The summed E-state index contributed by atoms with van der Waals surface area (Å²) < 4.78 is 1.01. The van der Waals surface area contributed by atoms with Crippen molar-refractivity contribution in [3.05, 3.63) is 68.7 Å². The minimum Gasteiger partial charge on any atom is -0.329 e. The molecule has 0 spiro atoms. The molecule has 2 N–H and O–H groups in total. The van der Waals surface area contributed by atoms with E-state index in [2.05, 4.69) is 51.2 Å². The number of halogens is 2. The largest absolute Gasteiger partial charge is 0.329 e. The highest BCUT2D eigenvalue weighted by Crippen LogP contribution is 2.31. The molecule has 4 heteroatoms. The van der Waals surface area contributed by atoms with E-state index >= 15 is 0 Å². The van der Waals surface area contributed by atoms with Gasteiger partial charge in [0.2, 0.25) is 0 Å². The van der Waals surface area contributed by atoms with Crippen LogP contribution in [-0.2, 0) is 13.0 Å². The highest BCUT2D eigenvalue weighted by molar-refractivity contribution is 9.10. The van der Waals surface area contributed by atoms with Crippen LogP contribution in [0.3, 0.4) is 0 Å². The minimum absolute atomic E-state index is 0.273. The molecule has 0 amide bonds. The smallest absolute Gasteiger partial charge is 0.0476 e. The first kappa shape index (κ1) is 15.0. The third-order valence-corrected chi connectivity index (χ3v) is 4.98. The quantitative estimate of drug-likeness (QED) is 0.885. The number of benzene rings is 2. The van der Waals surface area contributed by atoms with Gasteiger partial charge in [0.25, 0.3) is 0 Å². The number of nitrogens with zero attached hydrogens (tertiary/aromatic N) is 1. The number of rotatable bonds is 3. The van der Waals surface area contributed by atoms with Crippen LogP contribution in [0.25, 0.3) is 0 Å². The van der Waals surface area contributed by atoms with E-state index in [0.29, 0.717) is 6.54 Å². The van der Waals surface area contributed by atoms with E-state index in [1.165, 1.54) is 11.1 Å². The molecule has 0 saturated heterocycles. The molecule has 0 aliphatic carbocycles. The predicted molar refractivity (Wildman–Crippen MR) is 91.5 cm³/mol. The molecule has 110 valence electrons. The van der Waals surface area contributed by atoms with Crippen LogP contribution in [0.1, 0.15) is 22.7 Å². The average Bonchev–Trinajstić information content (AvgIpc) is 2.49. The molecule has 3 rings (SSSR count). The second-order valence-electron chi connectivity index (χ2n) is 5.41. The zero-order valence-electron chi connectivity index (χ0n) is 11.7. The fraction of sp³-hybridized carbons (Fsp3) is 0.294. The summed E-state index contributed by atoms with van der Waals surface area (Å²) in [7, 11) is 0. The molecule has 1 aliphatic heterocycles. The molecule has 1 heterocycles. The monoisotopic (exact) mass is 364 g/mol. The second kappa shape index (κ2) is 6.49. The molecule has 2 nitrogen and oxygen atoms in total. The summed E-state index contributed by atoms with van der Waals surface area (Å²) in [6, 6.07) is 15.0. The fourth-order valence-electron chi connectivity index (χ4n) is 3.04. The molecule has 2 aromatic rings. The molecular formula is C17H18BrClN2. The van der Waals surface area contributed by atoms with Crippen molar-refractivity contribution >= 4 is 27.5 Å². The van der Waals surface area contributed by atoms with Gasteiger partial charge in [-0.05, 0) is 35.2 Å². The van der Waals surface area contributed by atoms with Gasteiger partial charge < -0.3 is 5.73 Å². The van der Waals surface area contributed by atoms with Gasteiger partial charge in [0.15, 0.2) is 0 Å². The molecule has 2 aromatic carbocycles. The van der Waals surface area contributed by atoms with Crippen molar-refractivity contribution < 1.29 is 0 Å². The Hall–Kier alpha value is -0.870. The summed E-state index contributed by atoms with van der Waals surface area (Å²) in [5.74, 6) is 0. The van der Waals surface area contributed by atoms with Crippen LogP contribution < -0.4 is 5.73 Å². The summed E-state index contributed by atoms with van der Waals surface area (Å²) in [5, 5.41) is 0.805. The van der Waals surface area contributed by atoms with Crippen LogP contribution in [0, 0.1) is 0 Å². The van der Waals surface area contributed by atoms with Crippen LogP contribution in [0.15, 0.2) is 46.9 Å². The second-order valence-corrected chi connectivity index (χ2v) is 6.73. The van der Waals surface area contributed by atoms with Crippen molar-refractivity contribution in [2.45, 2.75) is 19.0 Å². The van der Waals surface area contributed by atoms with E-state index in [4.69, 9.17) is 17.3 Å². The lowest BCUT2D eigenvalue weighted by molar-refractivity contribution is 0.181. The first-order chi connectivity index (χ1) is 10.2. The standard InChI is InChI=1S/C17H18BrClN2/c18-14-6-5-13(16(19)9-14)11-21-8-7-12-3-1-2-4-15(12)17(21)10-20/h1-6,9,17H,7-8,10-11,20H2. The average molecular weight is 366 g/mol. The van der Waals surface area contributed by atoms with Gasteiger partial charge in [-0.1, -0.05) is 57.9 Å². The van der Waals surface area contributed by atoms with Crippen molar-refractivity contribution in [1.29, 1.82) is 0 Å². The highest BCUT2D eigenvalue weighted by atomic mass is 79.9. The van der Waals surface area contributed by atoms with Gasteiger partial charge in [-0.15, -0.1) is 0 Å².